The van der Waals surface area contributed by atoms with E-state index in [9.17, 15) is 13.6 Å². The zero-order valence-electron chi connectivity index (χ0n) is 15.1. The van der Waals surface area contributed by atoms with Crippen molar-refractivity contribution in [2.24, 2.45) is 0 Å². The van der Waals surface area contributed by atoms with Crippen molar-refractivity contribution in [3.8, 4) is 10.6 Å². The second-order valence-electron chi connectivity index (χ2n) is 6.72. The Balaban J connectivity index is 1.43. The number of carbonyl (C=O) groups excluding carboxylic acids is 1. The number of aromatic nitrogens is 1. The first kappa shape index (κ1) is 18.6. The van der Waals surface area contributed by atoms with Gasteiger partial charge in [-0.1, -0.05) is 30.3 Å². The van der Waals surface area contributed by atoms with Crippen molar-refractivity contribution < 1.29 is 13.6 Å². The van der Waals surface area contributed by atoms with E-state index in [1.807, 2.05) is 35.7 Å². The lowest BCUT2D eigenvalue weighted by atomic mass is 10.2. The molecule has 4 nitrogen and oxygen atoms in total. The van der Waals surface area contributed by atoms with Gasteiger partial charge in [0.25, 0.3) is 0 Å². The maximum Gasteiger partial charge on any atom is 0.230 e. The molecule has 1 aromatic heterocycles. The van der Waals surface area contributed by atoms with E-state index in [4.69, 9.17) is 0 Å². The first-order valence-corrected chi connectivity index (χ1v) is 10.0. The molecule has 1 aliphatic heterocycles. The topological polar surface area (TPSA) is 45.2 Å². The Labute approximate surface area is 165 Å². The highest BCUT2D eigenvalue weighted by Gasteiger charge is 2.21. The lowest BCUT2D eigenvalue weighted by Crippen LogP contribution is -2.21. The summed E-state index contributed by atoms with van der Waals surface area (Å²) in [6.45, 7) is 1.29. The fraction of sp³-hybridized carbons (Fsp3) is 0.238. The third kappa shape index (κ3) is 4.04. The molecule has 0 saturated carbocycles. The summed E-state index contributed by atoms with van der Waals surface area (Å²) in [6, 6.07) is 12.0. The average Bonchev–Trinajstić information content (AvgIpc) is 3.34. The molecule has 4 rings (SSSR count). The Kier molecular flexibility index (Phi) is 5.34. The molecule has 0 aliphatic carbocycles. The predicted molar refractivity (Wildman–Crippen MR) is 108 cm³/mol. The third-order valence-electron chi connectivity index (χ3n) is 4.64. The SMILES string of the molecule is O=C(Cc1csc(-c2ccccc2)n1)Nc1cc(F)c(N2CCCC2)c(F)c1. The van der Waals surface area contributed by atoms with Gasteiger partial charge in [0.05, 0.1) is 12.1 Å². The molecule has 3 aromatic rings. The molecule has 2 aromatic carbocycles. The highest BCUT2D eigenvalue weighted by atomic mass is 32.1. The van der Waals surface area contributed by atoms with Crippen LogP contribution in [0, 0.1) is 11.6 Å². The monoisotopic (exact) mass is 399 g/mol. The smallest absolute Gasteiger partial charge is 0.230 e. The van der Waals surface area contributed by atoms with Gasteiger partial charge in [-0.15, -0.1) is 11.3 Å². The third-order valence-corrected chi connectivity index (χ3v) is 5.58. The summed E-state index contributed by atoms with van der Waals surface area (Å²) in [6.07, 6.45) is 1.90. The van der Waals surface area contributed by atoms with E-state index in [1.165, 1.54) is 23.5 Å². The fourth-order valence-electron chi connectivity index (χ4n) is 3.35. The Morgan fingerprint density at radius 1 is 1.11 bits per heavy atom. The van der Waals surface area contributed by atoms with Crippen LogP contribution >= 0.6 is 11.3 Å². The minimum absolute atomic E-state index is 0.0116. The number of rotatable bonds is 5. The summed E-state index contributed by atoms with van der Waals surface area (Å²) in [4.78, 5) is 18.5. The van der Waals surface area contributed by atoms with Crippen LogP contribution in [0.3, 0.4) is 0 Å². The van der Waals surface area contributed by atoms with Crippen LogP contribution in [0.25, 0.3) is 10.6 Å². The Morgan fingerprint density at radius 3 is 2.46 bits per heavy atom. The Bertz CT molecular complexity index is 961. The second kappa shape index (κ2) is 8.06. The quantitative estimate of drug-likeness (QED) is 0.666. The van der Waals surface area contributed by atoms with E-state index in [0.717, 1.165) is 23.4 Å². The number of nitrogens with zero attached hydrogens (tertiary/aromatic N) is 2. The van der Waals surface area contributed by atoms with Crippen LogP contribution in [0.5, 0.6) is 0 Å². The largest absolute Gasteiger partial charge is 0.367 e. The van der Waals surface area contributed by atoms with Crippen molar-refractivity contribution in [1.29, 1.82) is 0 Å². The Hall–Kier alpha value is -2.80. The summed E-state index contributed by atoms with van der Waals surface area (Å²) in [5, 5.41) is 5.21. The summed E-state index contributed by atoms with van der Waals surface area (Å²) in [5.74, 6) is -1.67. The molecule has 1 fully saturated rings. The summed E-state index contributed by atoms with van der Waals surface area (Å²) in [7, 11) is 0. The summed E-state index contributed by atoms with van der Waals surface area (Å²) >= 11 is 1.46. The van der Waals surface area contributed by atoms with Crippen LogP contribution < -0.4 is 10.2 Å². The van der Waals surface area contributed by atoms with E-state index < -0.39 is 11.6 Å². The fourth-order valence-corrected chi connectivity index (χ4v) is 4.18. The number of hydrogen-bond acceptors (Lipinski definition) is 4. The highest BCUT2D eigenvalue weighted by Crippen LogP contribution is 2.30. The summed E-state index contributed by atoms with van der Waals surface area (Å²) in [5.41, 5.74) is 1.71. The van der Waals surface area contributed by atoms with Crippen molar-refractivity contribution in [1.82, 2.24) is 4.98 Å². The molecular formula is C21H19F2N3OS. The van der Waals surface area contributed by atoms with E-state index in [-0.39, 0.29) is 23.7 Å². The molecule has 0 spiro atoms. The number of nitrogens with one attached hydrogen (secondary N) is 1. The number of anilines is 2. The molecular weight excluding hydrogens is 380 g/mol. The minimum atomic E-state index is -0.655. The minimum Gasteiger partial charge on any atom is -0.367 e. The van der Waals surface area contributed by atoms with Gasteiger partial charge in [0.1, 0.15) is 10.7 Å². The number of halogens is 2. The van der Waals surface area contributed by atoms with Crippen molar-refractivity contribution in [3.63, 3.8) is 0 Å². The van der Waals surface area contributed by atoms with Crippen LogP contribution in [0.4, 0.5) is 20.2 Å². The van der Waals surface area contributed by atoms with Crippen LogP contribution in [-0.4, -0.2) is 24.0 Å². The standard InChI is InChI=1S/C21H19F2N3OS/c22-17-10-15(11-18(23)20(17)26-8-4-5-9-26)24-19(27)12-16-13-28-21(25-16)14-6-2-1-3-7-14/h1-3,6-7,10-11,13H,4-5,8-9,12H2,(H,24,27). The molecule has 2 heterocycles. The van der Waals surface area contributed by atoms with Gasteiger partial charge in [-0.3, -0.25) is 4.79 Å². The van der Waals surface area contributed by atoms with Crippen LogP contribution in [-0.2, 0) is 11.2 Å². The van der Waals surface area contributed by atoms with Gasteiger partial charge in [0, 0.05) is 29.7 Å². The van der Waals surface area contributed by atoms with E-state index in [1.54, 1.807) is 4.90 Å². The molecule has 0 atom stereocenters. The van der Waals surface area contributed by atoms with Gasteiger partial charge in [-0.25, -0.2) is 13.8 Å². The van der Waals surface area contributed by atoms with Gasteiger partial charge < -0.3 is 10.2 Å². The Morgan fingerprint density at radius 2 is 1.79 bits per heavy atom. The number of benzene rings is 2. The maximum absolute atomic E-state index is 14.4. The summed E-state index contributed by atoms with van der Waals surface area (Å²) < 4.78 is 28.8. The molecule has 144 valence electrons. The van der Waals surface area contributed by atoms with Crippen molar-refractivity contribution in [2.45, 2.75) is 19.3 Å². The average molecular weight is 399 g/mol. The van der Waals surface area contributed by atoms with Crippen LogP contribution in [0.2, 0.25) is 0 Å². The number of carbonyl (C=O) groups is 1. The van der Waals surface area contributed by atoms with Crippen LogP contribution in [0.1, 0.15) is 18.5 Å². The normalized spacial score (nSPS) is 13.7. The zero-order chi connectivity index (χ0) is 19.5. The molecule has 1 saturated heterocycles. The van der Waals surface area contributed by atoms with Gasteiger partial charge in [0.2, 0.25) is 5.91 Å². The van der Waals surface area contributed by atoms with Crippen molar-refractivity contribution in [3.05, 3.63) is 65.2 Å². The molecule has 7 heteroatoms. The van der Waals surface area contributed by atoms with Gasteiger partial charge in [0.15, 0.2) is 11.6 Å². The number of thiazole rings is 1. The zero-order valence-corrected chi connectivity index (χ0v) is 15.9. The first-order valence-electron chi connectivity index (χ1n) is 9.14. The lowest BCUT2D eigenvalue weighted by molar-refractivity contribution is -0.115. The first-order chi connectivity index (χ1) is 13.6. The van der Waals surface area contributed by atoms with Crippen molar-refractivity contribution >= 4 is 28.6 Å². The van der Waals surface area contributed by atoms with E-state index in [0.29, 0.717) is 18.8 Å². The van der Waals surface area contributed by atoms with Gasteiger partial charge in [-0.2, -0.15) is 0 Å². The van der Waals surface area contributed by atoms with Gasteiger partial charge >= 0.3 is 0 Å². The molecule has 0 unspecified atom stereocenters. The molecule has 0 bridgehead atoms. The van der Waals surface area contributed by atoms with E-state index >= 15 is 0 Å². The molecule has 1 amide bonds. The van der Waals surface area contributed by atoms with Gasteiger partial charge in [-0.05, 0) is 25.0 Å². The maximum atomic E-state index is 14.4. The second-order valence-corrected chi connectivity index (χ2v) is 7.58. The van der Waals surface area contributed by atoms with Crippen LogP contribution in [0.15, 0.2) is 47.8 Å². The van der Waals surface area contributed by atoms with Crippen molar-refractivity contribution in [2.75, 3.05) is 23.3 Å². The predicted octanol–water partition coefficient (Wildman–Crippen LogP) is 4.87. The highest BCUT2D eigenvalue weighted by molar-refractivity contribution is 7.13. The molecule has 1 aliphatic rings. The van der Waals surface area contributed by atoms with E-state index in [2.05, 4.69) is 10.3 Å². The number of hydrogen-bond donors (Lipinski definition) is 1. The molecule has 28 heavy (non-hydrogen) atoms. The molecule has 1 N–H and O–H groups in total. The number of amides is 1. The lowest BCUT2D eigenvalue weighted by Gasteiger charge is -2.19. The molecule has 0 radical (unpaired) electrons.